The number of carbonyl (C=O) groups excluding carboxylic acids is 2. The minimum atomic E-state index is -0.731. The molecule has 2 amide bonds. The number of thioether (sulfide) groups is 1. The summed E-state index contributed by atoms with van der Waals surface area (Å²) in [5.41, 5.74) is 0.556. The summed E-state index contributed by atoms with van der Waals surface area (Å²) in [6.45, 7) is -0.116. The molecule has 8 nitrogen and oxygen atoms in total. The van der Waals surface area contributed by atoms with E-state index in [1.165, 1.54) is 23.5 Å². The van der Waals surface area contributed by atoms with Gasteiger partial charge in [-0.1, -0.05) is 52.9 Å². The Morgan fingerprint density at radius 3 is 2.81 bits per heavy atom. The molecule has 0 bridgehead atoms. The number of thiazole rings is 1. The van der Waals surface area contributed by atoms with Crippen LogP contribution < -0.4 is 10.6 Å². The van der Waals surface area contributed by atoms with Gasteiger partial charge in [-0.2, -0.15) is 0 Å². The number of nitrogens with zero attached hydrogens (tertiary/aromatic N) is 3. The van der Waals surface area contributed by atoms with Gasteiger partial charge in [0, 0.05) is 0 Å². The number of nitrogens with one attached hydrogen (secondary N) is 2. The third-order valence-corrected chi connectivity index (χ3v) is 5.99. The highest BCUT2D eigenvalue weighted by Gasteiger charge is 2.17. The van der Waals surface area contributed by atoms with Gasteiger partial charge in [0.2, 0.25) is 11.8 Å². The molecule has 0 aliphatic heterocycles. The second kappa shape index (κ2) is 9.41. The van der Waals surface area contributed by atoms with Crippen molar-refractivity contribution >= 4 is 61.9 Å². The second-order valence-electron chi connectivity index (χ2n) is 6.06. The van der Waals surface area contributed by atoms with Crippen molar-refractivity contribution in [1.82, 2.24) is 20.5 Å². The lowest BCUT2D eigenvalue weighted by molar-refractivity contribution is -0.113. The van der Waals surface area contributed by atoms with Gasteiger partial charge in [0.15, 0.2) is 5.13 Å². The van der Waals surface area contributed by atoms with Gasteiger partial charge in [-0.05, 0) is 24.3 Å². The predicted molar refractivity (Wildman–Crippen MR) is 116 cm³/mol. The highest BCUT2D eigenvalue weighted by Crippen LogP contribution is 2.26. The Hall–Kier alpha value is -3.02. The van der Waals surface area contributed by atoms with Crippen LogP contribution in [0.25, 0.3) is 10.2 Å². The summed E-state index contributed by atoms with van der Waals surface area (Å²) >= 11 is 8.29. The van der Waals surface area contributed by atoms with Gasteiger partial charge in [-0.25, -0.2) is 9.37 Å². The molecule has 2 heterocycles. The van der Waals surface area contributed by atoms with Gasteiger partial charge in [0.05, 0.1) is 33.1 Å². The monoisotopic (exact) mass is 477 g/mol. The summed E-state index contributed by atoms with van der Waals surface area (Å²) in [5.74, 6) is -1.56. The minimum Gasteiger partial charge on any atom is -0.414 e. The highest BCUT2D eigenvalue weighted by molar-refractivity contribution is 7.99. The van der Waals surface area contributed by atoms with E-state index in [9.17, 15) is 14.0 Å². The maximum atomic E-state index is 13.8. The van der Waals surface area contributed by atoms with Crippen molar-refractivity contribution in [2.75, 3.05) is 11.1 Å². The van der Waals surface area contributed by atoms with Crippen LogP contribution in [0.4, 0.5) is 9.52 Å². The Bertz CT molecular complexity index is 1210. The molecule has 4 rings (SSSR count). The summed E-state index contributed by atoms with van der Waals surface area (Å²) in [6, 6.07) is 11.5. The maximum Gasteiger partial charge on any atom is 0.277 e. The van der Waals surface area contributed by atoms with E-state index < -0.39 is 11.7 Å². The maximum absolute atomic E-state index is 13.8. The zero-order valence-corrected chi connectivity index (χ0v) is 18.0. The molecule has 31 heavy (non-hydrogen) atoms. The van der Waals surface area contributed by atoms with Crippen molar-refractivity contribution in [1.29, 1.82) is 0 Å². The molecule has 158 valence electrons. The van der Waals surface area contributed by atoms with Crippen LogP contribution in [0.5, 0.6) is 0 Å². The Kier molecular flexibility index (Phi) is 6.44. The molecular formula is C19H13ClFN5O3S2. The Morgan fingerprint density at radius 2 is 2.00 bits per heavy atom. The normalized spacial score (nSPS) is 10.9. The molecule has 0 radical (unpaired) electrons. The number of halogens is 2. The van der Waals surface area contributed by atoms with E-state index in [-0.39, 0.29) is 39.9 Å². The van der Waals surface area contributed by atoms with E-state index in [0.717, 1.165) is 28.0 Å². The number of rotatable bonds is 7. The predicted octanol–water partition coefficient (Wildman–Crippen LogP) is 4.13. The molecule has 0 saturated heterocycles. The van der Waals surface area contributed by atoms with E-state index in [1.54, 1.807) is 0 Å². The fourth-order valence-corrected chi connectivity index (χ4v) is 4.25. The number of hydrogen-bond donors (Lipinski definition) is 2. The van der Waals surface area contributed by atoms with Crippen molar-refractivity contribution in [3.05, 3.63) is 64.8 Å². The largest absolute Gasteiger partial charge is 0.414 e. The lowest BCUT2D eigenvalue weighted by Gasteiger charge is -2.05. The molecule has 2 aromatic heterocycles. The van der Waals surface area contributed by atoms with Crippen LogP contribution in [0.3, 0.4) is 0 Å². The van der Waals surface area contributed by atoms with Crippen LogP contribution in [-0.4, -0.2) is 32.7 Å². The summed E-state index contributed by atoms with van der Waals surface area (Å²) in [4.78, 5) is 28.6. The molecule has 0 saturated carbocycles. The van der Waals surface area contributed by atoms with Gasteiger partial charge in [0.1, 0.15) is 5.82 Å². The zero-order valence-electron chi connectivity index (χ0n) is 15.6. The highest BCUT2D eigenvalue weighted by atomic mass is 35.5. The van der Waals surface area contributed by atoms with Gasteiger partial charge >= 0.3 is 0 Å². The molecule has 0 fully saturated rings. The van der Waals surface area contributed by atoms with E-state index in [2.05, 4.69) is 25.8 Å². The fraction of sp³-hybridized carbons (Fsp3) is 0.105. The van der Waals surface area contributed by atoms with E-state index in [4.69, 9.17) is 16.0 Å². The van der Waals surface area contributed by atoms with Crippen molar-refractivity contribution in [2.24, 2.45) is 0 Å². The average molecular weight is 478 g/mol. The molecule has 0 aliphatic rings. The molecule has 12 heteroatoms. The van der Waals surface area contributed by atoms with Gasteiger partial charge in [-0.3, -0.25) is 9.59 Å². The number of para-hydroxylation sites is 1. The Labute approximate surface area is 188 Å². The van der Waals surface area contributed by atoms with Gasteiger partial charge in [0.25, 0.3) is 11.1 Å². The van der Waals surface area contributed by atoms with Crippen LogP contribution in [0, 0.1) is 5.82 Å². The first-order valence-corrected chi connectivity index (χ1v) is 11.0. The van der Waals surface area contributed by atoms with Crippen LogP contribution in [-0.2, 0) is 11.3 Å². The Balaban J connectivity index is 1.28. The molecule has 0 spiro atoms. The van der Waals surface area contributed by atoms with Crippen molar-refractivity contribution in [3.63, 3.8) is 0 Å². The third-order valence-electron chi connectivity index (χ3n) is 3.91. The molecule has 0 unspecified atom stereocenters. The first-order valence-electron chi connectivity index (χ1n) is 8.82. The summed E-state index contributed by atoms with van der Waals surface area (Å²) in [7, 11) is 0. The second-order valence-corrected chi connectivity index (χ2v) is 8.43. The van der Waals surface area contributed by atoms with Crippen molar-refractivity contribution in [2.45, 2.75) is 11.8 Å². The fourth-order valence-electron chi connectivity index (χ4n) is 2.54. The smallest absolute Gasteiger partial charge is 0.277 e. The number of anilines is 1. The van der Waals surface area contributed by atoms with Crippen LogP contribution >= 0.6 is 34.7 Å². The van der Waals surface area contributed by atoms with Crippen LogP contribution in [0.2, 0.25) is 5.02 Å². The van der Waals surface area contributed by atoms with E-state index in [0.29, 0.717) is 5.13 Å². The topological polar surface area (TPSA) is 110 Å². The zero-order chi connectivity index (χ0) is 21.8. The molecule has 0 atom stereocenters. The van der Waals surface area contributed by atoms with E-state index in [1.807, 2.05) is 24.3 Å². The molecule has 0 aliphatic carbocycles. The first-order chi connectivity index (χ1) is 15.0. The molecule has 2 N–H and O–H groups in total. The van der Waals surface area contributed by atoms with Crippen molar-refractivity contribution < 1.29 is 18.4 Å². The standard InChI is InChI=1S/C19H13ClFN5O3S2/c20-10-4-3-5-11(21)16(10)17(28)22-8-15-25-26-19(29-15)30-9-14(27)24-18-23-12-6-1-2-7-13(12)31-18/h1-7H,8-9H2,(H,22,28)(H,23,24,27). The lowest BCUT2D eigenvalue weighted by Crippen LogP contribution is -2.24. The summed E-state index contributed by atoms with van der Waals surface area (Å²) in [5, 5.41) is 13.5. The number of carbonyl (C=O) groups is 2. The molecule has 4 aromatic rings. The molecular weight excluding hydrogens is 465 g/mol. The van der Waals surface area contributed by atoms with Gasteiger partial charge in [-0.15, -0.1) is 10.2 Å². The summed E-state index contributed by atoms with van der Waals surface area (Å²) < 4.78 is 20.1. The number of amides is 2. The minimum absolute atomic E-state index is 0.00147. The Morgan fingerprint density at radius 1 is 1.16 bits per heavy atom. The first kappa shape index (κ1) is 21.2. The van der Waals surface area contributed by atoms with Crippen LogP contribution in [0.1, 0.15) is 16.2 Å². The third kappa shape index (κ3) is 5.19. The number of fused-ring (bicyclic) bond motifs is 1. The SMILES string of the molecule is O=C(CSc1nnc(CNC(=O)c2c(F)cccc2Cl)o1)Nc1nc2ccccc2s1. The van der Waals surface area contributed by atoms with E-state index >= 15 is 0 Å². The lowest BCUT2D eigenvalue weighted by atomic mass is 10.2. The number of hydrogen-bond acceptors (Lipinski definition) is 8. The van der Waals surface area contributed by atoms with Crippen LogP contribution in [0.15, 0.2) is 52.1 Å². The summed E-state index contributed by atoms with van der Waals surface area (Å²) in [6.07, 6.45) is 0. The quantitative estimate of drug-likeness (QED) is 0.385. The number of benzene rings is 2. The van der Waals surface area contributed by atoms with Crippen molar-refractivity contribution in [3.8, 4) is 0 Å². The molecule has 2 aromatic carbocycles. The average Bonchev–Trinajstić information content (AvgIpc) is 3.36. The van der Waals surface area contributed by atoms with Gasteiger partial charge < -0.3 is 15.1 Å². The number of aromatic nitrogens is 3.